The predicted octanol–water partition coefficient (Wildman–Crippen LogP) is 4.04. The van der Waals surface area contributed by atoms with Gasteiger partial charge in [0, 0.05) is 29.4 Å². The number of hydrogen-bond donors (Lipinski definition) is 0. The lowest BCUT2D eigenvalue weighted by molar-refractivity contribution is -0.384. The Labute approximate surface area is 248 Å². The molecule has 0 bridgehead atoms. The number of thiazole rings is 1. The van der Waals surface area contributed by atoms with E-state index in [1.54, 1.807) is 75.6 Å². The summed E-state index contributed by atoms with van der Waals surface area (Å²) in [5.41, 5.74) is 1.21. The summed E-state index contributed by atoms with van der Waals surface area (Å²) in [5.74, 6) is -0.0177. The van der Waals surface area contributed by atoms with Gasteiger partial charge in [-0.2, -0.15) is 0 Å². The Morgan fingerprint density at radius 2 is 1.93 bits per heavy atom. The van der Waals surface area contributed by atoms with Gasteiger partial charge in [-0.25, -0.2) is 19.8 Å². The third kappa shape index (κ3) is 5.87. The molecule has 1 atom stereocenters. The normalized spacial score (nSPS) is 14.9. The van der Waals surface area contributed by atoms with E-state index in [4.69, 9.17) is 9.47 Å². The molecule has 0 saturated heterocycles. The van der Waals surface area contributed by atoms with Gasteiger partial charge in [-0.05, 0) is 74.0 Å². The van der Waals surface area contributed by atoms with Crippen LogP contribution in [0.2, 0.25) is 0 Å². The van der Waals surface area contributed by atoms with E-state index in [0.29, 0.717) is 37.4 Å². The van der Waals surface area contributed by atoms with Gasteiger partial charge in [0.25, 0.3) is 11.2 Å². The second-order valence-corrected chi connectivity index (χ2v) is 11.4. The molecule has 0 spiro atoms. The first-order valence-corrected chi connectivity index (χ1v) is 14.4. The van der Waals surface area contributed by atoms with Crippen LogP contribution >= 0.6 is 23.1 Å². The number of hydrogen-bond acceptors (Lipinski definition) is 11. The number of non-ortho nitro benzene ring substituents is 1. The van der Waals surface area contributed by atoms with Crippen molar-refractivity contribution in [1.29, 1.82) is 0 Å². The molecular formula is C29H25N5O6S2. The van der Waals surface area contributed by atoms with Crippen LogP contribution in [0.4, 0.5) is 5.69 Å². The first-order chi connectivity index (χ1) is 20.2. The van der Waals surface area contributed by atoms with E-state index < -0.39 is 22.5 Å². The Bertz CT molecular complexity index is 1900. The molecule has 5 rings (SSSR count). The lowest BCUT2D eigenvalue weighted by atomic mass is 9.95. The van der Waals surface area contributed by atoms with Crippen LogP contribution in [-0.2, 0) is 9.53 Å². The fourth-order valence-corrected chi connectivity index (χ4v) is 6.25. The third-order valence-corrected chi connectivity index (χ3v) is 8.20. The first-order valence-electron chi connectivity index (χ1n) is 12.8. The Morgan fingerprint density at radius 3 is 2.62 bits per heavy atom. The van der Waals surface area contributed by atoms with Crippen molar-refractivity contribution in [3.05, 3.63) is 113 Å². The molecule has 0 amide bonds. The van der Waals surface area contributed by atoms with Gasteiger partial charge >= 0.3 is 5.97 Å². The number of fused-ring (bicyclic) bond motifs is 1. The average molecular weight is 604 g/mol. The van der Waals surface area contributed by atoms with Crippen molar-refractivity contribution in [2.24, 2.45) is 4.99 Å². The Kier molecular flexibility index (Phi) is 8.31. The van der Waals surface area contributed by atoms with E-state index >= 15 is 0 Å². The standard InChI is InChI=1S/C29H25N5O6S2/c1-16(2)40-27(36)24-17(3)32-29-33(25(24)18-7-5-8-21(14-18)39-4)26(35)23(42-29)15-19-13-20(34(37)38)9-10-22(19)41-28-30-11-6-12-31-28/h5-16,25H,1-4H3/b23-15-/t25-/m1/s1. The van der Waals surface area contributed by atoms with Gasteiger partial charge in [0.2, 0.25) is 0 Å². The molecule has 2 aromatic carbocycles. The summed E-state index contributed by atoms with van der Waals surface area (Å²) in [6, 6.07) is 12.4. The van der Waals surface area contributed by atoms with Crippen molar-refractivity contribution in [3.8, 4) is 5.75 Å². The number of carbonyl (C=O) groups excluding carboxylic acids is 1. The number of nitrogens with zero attached hydrogens (tertiary/aromatic N) is 5. The molecule has 0 unspecified atom stereocenters. The summed E-state index contributed by atoms with van der Waals surface area (Å²) >= 11 is 2.35. The maximum atomic E-state index is 14.1. The highest BCUT2D eigenvalue weighted by Crippen LogP contribution is 2.33. The third-order valence-electron chi connectivity index (χ3n) is 6.23. The highest BCUT2D eigenvalue weighted by molar-refractivity contribution is 7.99. The SMILES string of the molecule is COc1cccc([C@@H]2C(C(=O)OC(C)C)=C(C)N=c3s/c(=C\c4cc([N+](=O)[O-])ccc4Sc4ncccn4)c(=O)n32)c1. The molecule has 0 saturated carbocycles. The van der Waals surface area contributed by atoms with E-state index in [1.807, 2.05) is 0 Å². The number of nitro groups is 1. The second-order valence-electron chi connectivity index (χ2n) is 9.43. The number of allylic oxidation sites excluding steroid dienone is 1. The van der Waals surface area contributed by atoms with Crippen LogP contribution in [-0.4, -0.2) is 38.6 Å². The quantitative estimate of drug-likeness (QED) is 0.126. The minimum absolute atomic E-state index is 0.129. The highest BCUT2D eigenvalue weighted by atomic mass is 32.2. The van der Waals surface area contributed by atoms with E-state index in [9.17, 15) is 19.7 Å². The number of esters is 1. The summed E-state index contributed by atoms with van der Waals surface area (Å²) in [5, 5.41) is 12.0. The number of ether oxygens (including phenoxy) is 2. The Morgan fingerprint density at radius 1 is 1.17 bits per heavy atom. The lowest BCUT2D eigenvalue weighted by Crippen LogP contribution is -2.40. The molecule has 4 aromatic rings. The van der Waals surface area contributed by atoms with Gasteiger partial charge in [-0.1, -0.05) is 23.5 Å². The van der Waals surface area contributed by atoms with Crippen LogP contribution in [0.3, 0.4) is 0 Å². The van der Waals surface area contributed by atoms with Crippen molar-refractivity contribution >= 4 is 40.8 Å². The van der Waals surface area contributed by atoms with Crippen molar-refractivity contribution in [2.75, 3.05) is 7.11 Å². The van der Waals surface area contributed by atoms with E-state index in [0.717, 1.165) is 11.3 Å². The van der Waals surface area contributed by atoms with Crippen molar-refractivity contribution in [3.63, 3.8) is 0 Å². The average Bonchev–Trinajstić information content (AvgIpc) is 3.27. The maximum Gasteiger partial charge on any atom is 0.338 e. The zero-order valence-electron chi connectivity index (χ0n) is 23.0. The number of benzene rings is 2. The maximum absolute atomic E-state index is 14.1. The van der Waals surface area contributed by atoms with Crippen LogP contribution in [0.25, 0.3) is 6.08 Å². The molecule has 0 N–H and O–H groups in total. The van der Waals surface area contributed by atoms with Gasteiger partial charge in [-0.3, -0.25) is 19.5 Å². The number of carbonyl (C=O) groups is 1. The molecule has 0 fully saturated rings. The fraction of sp³-hybridized carbons (Fsp3) is 0.207. The minimum Gasteiger partial charge on any atom is -0.497 e. The number of rotatable bonds is 8. The van der Waals surface area contributed by atoms with E-state index in [2.05, 4.69) is 15.0 Å². The van der Waals surface area contributed by atoms with Crippen molar-refractivity contribution in [1.82, 2.24) is 14.5 Å². The smallest absolute Gasteiger partial charge is 0.338 e. The van der Waals surface area contributed by atoms with Gasteiger partial charge in [0.05, 0.1) is 40.0 Å². The molecule has 0 radical (unpaired) electrons. The zero-order valence-corrected chi connectivity index (χ0v) is 24.6. The number of aromatic nitrogens is 3. The number of methoxy groups -OCH3 is 1. The molecule has 1 aliphatic heterocycles. The minimum atomic E-state index is -0.832. The molecular weight excluding hydrogens is 578 g/mol. The van der Waals surface area contributed by atoms with Crippen LogP contribution in [0.1, 0.15) is 37.9 Å². The monoisotopic (exact) mass is 603 g/mol. The summed E-state index contributed by atoms with van der Waals surface area (Å²) in [4.78, 5) is 52.5. The molecule has 2 aromatic heterocycles. The Balaban J connectivity index is 1.71. The lowest BCUT2D eigenvalue weighted by Gasteiger charge is -2.25. The van der Waals surface area contributed by atoms with Gasteiger partial charge in [0.1, 0.15) is 5.75 Å². The Hall–Kier alpha value is -4.62. The van der Waals surface area contributed by atoms with Crippen LogP contribution in [0.5, 0.6) is 5.75 Å². The number of nitro benzene ring substituents is 1. The van der Waals surface area contributed by atoms with Crippen LogP contribution in [0, 0.1) is 10.1 Å². The topological polar surface area (TPSA) is 139 Å². The van der Waals surface area contributed by atoms with Gasteiger partial charge in [0.15, 0.2) is 9.96 Å². The molecule has 0 aliphatic carbocycles. The van der Waals surface area contributed by atoms with Gasteiger partial charge < -0.3 is 9.47 Å². The molecule has 42 heavy (non-hydrogen) atoms. The highest BCUT2D eigenvalue weighted by Gasteiger charge is 2.34. The van der Waals surface area contributed by atoms with Crippen LogP contribution in [0.15, 0.2) is 92.0 Å². The summed E-state index contributed by atoms with van der Waals surface area (Å²) in [7, 11) is 1.54. The molecule has 1 aliphatic rings. The van der Waals surface area contributed by atoms with Gasteiger partial charge in [-0.15, -0.1) is 0 Å². The van der Waals surface area contributed by atoms with Crippen molar-refractivity contribution < 1.29 is 19.2 Å². The summed E-state index contributed by atoms with van der Waals surface area (Å²) in [6.45, 7) is 5.20. The largest absolute Gasteiger partial charge is 0.497 e. The fourth-order valence-electron chi connectivity index (χ4n) is 4.42. The van der Waals surface area contributed by atoms with E-state index in [1.165, 1.54) is 35.6 Å². The molecule has 214 valence electrons. The second kappa shape index (κ2) is 12.1. The summed E-state index contributed by atoms with van der Waals surface area (Å²) in [6.07, 6.45) is 4.41. The predicted molar refractivity (Wildman–Crippen MR) is 157 cm³/mol. The molecule has 3 heterocycles. The van der Waals surface area contributed by atoms with Crippen LogP contribution < -0.4 is 19.6 Å². The zero-order chi connectivity index (χ0) is 30.0. The van der Waals surface area contributed by atoms with E-state index in [-0.39, 0.29) is 21.9 Å². The first kappa shape index (κ1) is 28.9. The van der Waals surface area contributed by atoms with Crippen molar-refractivity contribution in [2.45, 2.75) is 43.0 Å². The molecule has 11 nitrogen and oxygen atoms in total. The molecule has 13 heteroatoms. The summed E-state index contributed by atoms with van der Waals surface area (Å²) < 4.78 is 12.7.